The lowest BCUT2D eigenvalue weighted by atomic mass is 10.1. The van der Waals surface area contributed by atoms with Crippen LogP contribution in [0.15, 0.2) is 6.20 Å². The van der Waals surface area contributed by atoms with Gasteiger partial charge in [-0.3, -0.25) is 0 Å². The fourth-order valence-electron chi connectivity index (χ4n) is 1.79. The molecule has 1 aromatic heterocycles. The Morgan fingerprint density at radius 1 is 1.53 bits per heavy atom. The molecule has 1 N–H and O–H groups in total. The van der Waals surface area contributed by atoms with Crippen LogP contribution in [0.2, 0.25) is 0 Å². The maximum Gasteiger partial charge on any atom is 0.339 e. The van der Waals surface area contributed by atoms with Crippen molar-refractivity contribution in [3.05, 3.63) is 17.5 Å². The third-order valence-electron chi connectivity index (χ3n) is 2.99. The molecule has 2 rings (SSSR count). The lowest BCUT2D eigenvalue weighted by molar-refractivity contribution is 0.0694. The summed E-state index contributed by atoms with van der Waals surface area (Å²) in [5.41, 5.74) is 0.808. The second-order valence-electron chi connectivity index (χ2n) is 4.77. The molecule has 0 atom stereocenters. The summed E-state index contributed by atoms with van der Waals surface area (Å²) in [6, 6.07) is 0.519. The molecule has 0 saturated heterocycles. The minimum atomic E-state index is -0.964. The highest BCUT2D eigenvalue weighted by atomic mass is 16.4. The summed E-state index contributed by atoms with van der Waals surface area (Å²) in [5.74, 6) is -0.258. The molecule has 5 heteroatoms. The van der Waals surface area contributed by atoms with Crippen molar-refractivity contribution in [1.29, 1.82) is 0 Å². The van der Waals surface area contributed by atoms with Crippen LogP contribution >= 0.6 is 0 Å². The van der Waals surface area contributed by atoms with Gasteiger partial charge in [-0.1, -0.05) is 13.8 Å². The maximum absolute atomic E-state index is 11.1. The van der Waals surface area contributed by atoms with Crippen LogP contribution in [0.1, 0.15) is 48.7 Å². The monoisotopic (exact) mass is 235 g/mol. The van der Waals surface area contributed by atoms with Crippen LogP contribution in [0, 0.1) is 0 Å². The number of anilines is 1. The van der Waals surface area contributed by atoms with E-state index < -0.39 is 5.97 Å². The fraction of sp³-hybridized carbons (Fsp3) is 0.583. The van der Waals surface area contributed by atoms with Gasteiger partial charge in [-0.2, -0.15) is 0 Å². The molecular weight excluding hydrogens is 218 g/mol. The van der Waals surface area contributed by atoms with Crippen molar-refractivity contribution < 1.29 is 9.90 Å². The van der Waals surface area contributed by atoms with E-state index in [0.29, 0.717) is 17.7 Å². The molecule has 0 bridgehead atoms. The third kappa shape index (κ3) is 2.38. The van der Waals surface area contributed by atoms with Gasteiger partial charge in [0.05, 0.1) is 11.3 Å². The largest absolute Gasteiger partial charge is 0.478 e. The molecule has 92 valence electrons. The summed E-state index contributed by atoms with van der Waals surface area (Å²) in [7, 11) is 1.96. The van der Waals surface area contributed by atoms with Gasteiger partial charge in [0.1, 0.15) is 0 Å². The number of nitrogens with zero attached hydrogens (tertiary/aromatic N) is 3. The van der Waals surface area contributed by atoms with Crippen molar-refractivity contribution >= 4 is 11.9 Å². The average molecular weight is 235 g/mol. The van der Waals surface area contributed by atoms with Gasteiger partial charge < -0.3 is 10.0 Å². The van der Waals surface area contributed by atoms with Crippen LogP contribution in [0.25, 0.3) is 0 Å². The maximum atomic E-state index is 11.1. The van der Waals surface area contributed by atoms with E-state index in [1.807, 2.05) is 25.8 Å². The number of hydrogen-bond acceptors (Lipinski definition) is 4. The number of carboxylic acids is 1. The molecule has 1 aliphatic carbocycles. The summed E-state index contributed by atoms with van der Waals surface area (Å²) < 4.78 is 0. The first-order chi connectivity index (χ1) is 8.00. The second kappa shape index (κ2) is 4.31. The van der Waals surface area contributed by atoms with Gasteiger partial charge in [-0.15, -0.1) is 0 Å². The zero-order chi connectivity index (χ0) is 12.6. The van der Waals surface area contributed by atoms with Gasteiger partial charge in [0.2, 0.25) is 5.95 Å². The molecular formula is C12H17N3O2. The van der Waals surface area contributed by atoms with Crippen molar-refractivity contribution in [2.45, 2.75) is 38.6 Å². The topological polar surface area (TPSA) is 66.3 Å². The van der Waals surface area contributed by atoms with E-state index in [9.17, 15) is 4.79 Å². The van der Waals surface area contributed by atoms with Crippen LogP contribution < -0.4 is 4.90 Å². The van der Waals surface area contributed by atoms with Gasteiger partial charge in [0.25, 0.3) is 0 Å². The highest BCUT2D eigenvalue weighted by Crippen LogP contribution is 2.29. The summed E-state index contributed by atoms with van der Waals surface area (Å²) in [4.78, 5) is 21.6. The smallest absolute Gasteiger partial charge is 0.339 e. The summed E-state index contributed by atoms with van der Waals surface area (Å²) in [5, 5.41) is 9.07. The number of rotatable bonds is 4. The standard InChI is InChI=1S/C12H17N3O2/c1-7(2)10-9(11(16)17)6-13-12(14-10)15(3)8-4-5-8/h6-8H,4-5H2,1-3H3,(H,16,17). The third-order valence-corrected chi connectivity index (χ3v) is 2.99. The predicted molar refractivity (Wildman–Crippen MR) is 64.5 cm³/mol. The quantitative estimate of drug-likeness (QED) is 0.863. The first-order valence-electron chi connectivity index (χ1n) is 5.83. The zero-order valence-electron chi connectivity index (χ0n) is 10.3. The minimum absolute atomic E-state index is 0.0791. The number of hydrogen-bond donors (Lipinski definition) is 1. The Hall–Kier alpha value is -1.65. The lowest BCUT2D eigenvalue weighted by Crippen LogP contribution is -2.23. The molecule has 1 aromatic rings. The Morgan fingerprint density at radius 2 is 2.18 bits per heavy atom. The highest BCUT2D eigenvalue weighted by Gasteiger charge is 2.28. The Bertz CT molecular complexity index is 441. The van der Waals surface area contributed by atoms with Crippen LogP contribution in [-0.2, 0) is 0 Å². The van der Waals surface area contributed by atoms with E-state index in [1.165, 1.54) is 6.20 Å². The Labute approximate surface area is 100 Å². The van der Waals surface area contributed by atoms with E-state index in [1.54, 1.807) is 0 Å². The van der Waals surface area contributed by atoms with Gasteiger partial charge in [0.15, 0.2) is 0 Å². The fourth-order valence-corrected chi connectivity index (χ4v) is 1.79. The van der Waals surface area contributed by atoms with Crippen molar-refractivity contribution in [2.75, 3.05) is 11.9 Å². The summed E-state index contributed by atoms with van der Waals surface area (Å²) in [6.45, 7) is 3.88. The van der Waals surface area contributed by atoms with Crippen molar-refractivity contribution in [3.63, 3.8) is 0 Å². The molecule has 1 saturated carbocycles. The van der Waals surface area contributed by atoms with Crippen LogP contribution in [0.3, 0.4) is 0 Å². The molecule has 0 aromatic carbocycles. The molecule has 17 heavy (non-hydrogen) atoms. The SMILES string of the molecule is CC(C)c1nc(N(C)C2CC2)ncc1C(=O)O. The van der Waals surface area contributed by atoms with Gasteiger partial charge in [0, 0.05) is 19.3 Å². The van der Waals surface area contributed by atoms with E-state index in [-0.39, 0.29) is 11.5 Å². The summed E-state index contributed by atoms with van der Waals surface area (Å²) >= 11 is 0. The number of aromatic carboxylic acids is 1. The van der Waals surface area contributed by atoms with Gasteiger partial charge >= 0.3 is 5.97 Å². The molecule has 0 aliphatic heterocycles. The number of carbonyl (C=O) groups is 1. The van der Waals surface area contributed by atoms with Crippen LogP contribution in [0.4, 0.5) is 5.95 Å². The molecule has 1 heterocycles. The van der Waals surface area contributed by atoms with Gasteiger partial charge in [-0.25, -0.2) is 14.8 Å². The van der Waals surface area contributed by atoms with E-state index >= 15 is 0 Å². The van der Waals surface area contributed by atoms with Crippen molar-refractivity contribution in [2.24, 2.45) is 0 Å². The number of aromatic nitrogens is 2. The number of carboxylic acid groups (broad SMARTS) is 1. The molecule has 0 radical (unpaired) electrons. The van der Waals surface area contributed by atoms with Gasteiger partial charge in [-0.05, 0) is 18.8 Å². The molecule has 0 spiro atoms. The van der Waals surface area contributed by atoms with E-state index in [0.717, 1.165) is 12.8 Å². The normalized spacial score (nSPS) is 15.1. The summed E-state index contributed by atoms with van der Waals surface area (Å²) in [6.07, 6.45) is 3.74. The Kier molecular flexibility index (Phi) is 3.00. The van der Waals surface area contributed by atoms with Crippen molar-refractivity contribution in [1.82, 2.24) is 9.97 Å². The minimum Gasteiger partial charge on any atom is -0.478 e. The Morgan fingerprint density at radius 3 is 2.65 bits per heavy atom. The zero-order valence-corrected chi connectivity index (χ0v) is 10.3. The first kappa shape index (κ1) is 11.8. The molecule has 0 amide bonds. The highest BCUT2D eigenvalue weighted by molar-refractivity contribution is 5.88. The predicted octanol–water partition coefficient (Wildman–Crippen LogP) is 1.90. The van der Waals surface area contributed by atoms with Crippen LogP contribution in [-0.4, -0.2) is 34.1 Å². The Balaban J connectivity index is 2.37. The molecule has 1 aliphatic rings. The molecule has 1 fully saturated rings. The van der Waals surface area contributed by atoms with Crippen molar-refractivity contribution in [3.8, 4) is 0 Å². The lowest BCUT2D eigenvalue weighted by Gasteiger charge is -2.18. The molecule has 0 unspecified atom stereocenters. The molecule has 5 nitrogen and oxygen atoms in total. The van der Waals surface area contributed by atoms with Crippen LogP contribution in [0.5, 0.6) is 0 Å². The second-order valence-corrected chi connectivity index (χ2v) is 4.77. The average Bonchev–Trinajstić information content (AvgIpc) is 3.10. The van der Waals surface area contributed by atoms with E-state index in [2.05, 4.69) is 9.97 Å². The first-order valence-corrected chi connectivity index (χ1v) is 5.83. The van der Waals surface area contributed by atoms with E-state index in [4.69, 9.17) is 5.11 Å².